The Bertz CT molecular complexity index is 402. The molecule has 0 aliphatic heterocycles. The van der Waals surface area contributed by atoms with Crippen molar-refractivity contribution in [1.29, 1.82) is 0 Å². The van der Waals surface area contributed by atoms with E-state index in [0.717, 1.165) is 0 Å². The van der Waals surface area contributed by atoms with Crippen molar-refractivity contribution in [1.82, 2.24) is 10.6 Å². The summed E-state index contributed by atoms with van der Waals surface area (Å²) in [5.41, 5.74) is 0.437. The maximum atomic E-state index is 13.5. The molecule has 2 N–H and O–H groups in total. The molecule has 0 unspecified atom stereocenters. The molecule has 0 atom stereocenters. The zero-order chi connectivity index (χ0) is 13.4. The van der Waals surface area contributed by atoms with E-state index in [4.69, 9.17) is 16.3 Å². The molecule has 18 heavy (non-hydrogen) atoms. The largest absolute Gasteiger partial charge is 0.383 e. The van der Waals surface area contributed by atoms with Gasteiger partial charge < -0.3 is 15.4 Å². The summed E-state index contributed by atoms with van der Waals surface area (Å²) >= 11 is 5.64. The molecule has 1 rings (SSSR count). The lowest BCUT2D eigenvalue weighted by Crippen LogP contribution is -2.35. The summed E-state index contributed by atoms with van der Waals surface area (Å²) in [6.45, 7) is 1.30. The van der Waals surface area contributed by atoms with E-state index in [9.17, 15) is 9.18 Å². The Hall–Kier alpha value is -1.17. The molecule has 0 bridgehead atoms. The van der Waals surface area contributed by atoms with Crippen molar-refractivity contribution in [2.75, 3.05) is 26.8 Å². The lowest BCUT2D eigenvalue weighted by molar-refractivity contribution is -0.120. The Morgan fingerprint density at radius 1 is 1.50 bits per heavy atom. The molecule has 0 fully saturated rings. The number of benzene rings is 1. The Labute approximate surface area is 110 Å². The van der Waals surface area contributed by atoms with Crippen molar-refractivity contribution < 1.29 is 13.9 Å². The first kappa shape index (κ1) is 14.9. The van der Waals surface area contributed by atoms with Crippen LogP contribution < -0.4 is 10.6 Å². The lowest BCUT2D eigenvalue weighted by atomic mass is 10.2. The molecular weight excluding hydrogens is 259 g/mol. The summed E-state index contributed by atoms with van der Waals surface area (Å²) in [4.78, 5) is 11.3. The van der Waals surface area contributed by atoms with Gasteiger partial charge in [0.2, 0.25) is 5.91 Å². The third-order valence-electron chi connectivity index (χ3n) is 2.26. The zero-order valence-electron chi connectivity index (χ0n) is 10.1. The van der Waals surface area contributed by atoms with Crippen LogP contribution in [0, 0.1) is 5.82 Å². The maximum absolute atomic E-state index is 13.5. The van der Waals surface area contributed by atoms with Gasteiger partial charge in [0.05, 0.1) is 18.2 Å². The summed E-state index contributed by atoms with van der Waals surface area (Å²) in [7, 11) is 1.56. The molecule has 0 aliphatic rings. The Morgan fingerprint density at radius 2 is 2.28 bits per heavy atom. The first-order valence-electron chi connectivity index (χ1n) is 5.54. The van der Waals surface area contributed by atoms with Gasteiger partial charge in [-0.25, -0.2) is 4.39 Å². The van der Waals surface area contributed by atoms with Crippen LogP contribution >= 0.6 is 11.6 Å². The normalized spacial score (nSPS) is 10.4. The minimum absolute atomic E-state index is 0.0823. The summed E-state index contributed by atoms with van der Waals surface area (Å²) in [6, 6.07) is 4.77. The van der Waals surface area contributed by atoms with Crippen molar-refractivity contribution in [3.05, 3.63) is 34.6 Å². The first-order valence-corrected chi connectivity index (χ1v) is 5.92. The van der Waals surface area contributed by atoms with Gasteiger partial charge in [-0.1, -0.05) is 23.7 Å². The van der Waals surface area contributed by atoms with Crippen LogP contribution in [0.5, 0.6) is 0 Å². The van der Waals surface area contributed by atoms with Gasteiger partial charge in [0, 0.05) is 25.8 Å². The second kappa shape index (κ2) is 8.02. The smallest absolute Gasteiger partial charge is 0.234 e. The highest BCUT2D eigenvalue weighted by Crippen LogP contribution is 2.17. The number of halogens is 2. The number of hydrogen-bond donors (Lipinski definition) is 2. The third-order valence-corrected chi connectivity index (χ3v) is 2.55. The molecule has 0 aromatic heterocycles. The van der Waals surface area contributed by atoms with E-state index in [1.54, 1.807) is 19.2 Å². The molecule has 0 saturated heterocycles. The fraction of sp³-hybridized carbons (Fsp3) is 0.417. The van der Waals surface area contributed by atoms with E-state index in [1.165, 1.54) is 6.07 Å². The molecule has 1 aromatic carbocycles. The summed E-state index contributed by atoms with van der Waals surface area (Å²) in [6.07, 6.45) is 0. The van der Waals surface area contributed by atoms with Crippen LogP contribution in [0.2, 0.25) is 5.02 Å². The van der Waals surface area contributed by atoms with Gasteiger partial charge in [-0.05, 0) is 6.07 Å². The van der Waals surface area contributed by atoms with Crippen LogP contribution in [0.3, 0.4) is 0 Å². The minimum Gasteiger partial charge on any atom is -0.383 e. The van der Waals surface area contributed by atoms with Gasteiger partial charge in [-0.2, -0.15) is 0 Å². The third kappa shape index (κ3) is 5.00. The average Bonchev–Trinajstić information content (AvgIpc) is 2.35. The number of carbonyl (C=O) groups is 1. The number of methoxy groups -OCH3 is 1. The van der Waals surface area contributed by atoms with Gasteiger partial charge in [0.15, 0.2) is 0 Å². The summed E-state index contributed by atoms with van der Waals surface area (Å²) in [5.74, 6) is -0.610. The van der Waals surface area contributed by atoms with Crippen molar-refractivity contribution >= 4 is 17.5 Å². The molecular formula is C12H16ClFN2O2. The second-order valence-corrected chi connectivity index (χ2v) is 4.07. The van der Waals surface area contributed by atoms with Crippen LogP contribution in [0.4, 0.5) is 4.39 Å². The highest BCUT2D eigenvalue weighted by molar-refractivity contribution is 6.30. The van der Waals surface area contributed by atoms with Crippen LogP contribution in [0.1, 0.15) is 5.56 Å². The van der Waals surface area contributed by atoms with Crippen LogP contribution in [0.15, 0.2) is 18.2 Å². The topological polar surface area (TPSA) is 50.4 Å². The predicted molar refractivity (Wildman–Crippen MR) is 68.0 cm³/mol. The Balaban J connectivity index is 2.29. The molecule has 1 amide bonds. The number of nitrogens with one attached hydrogen (secondary N) is 2. The average molecular weight is 275 g/mol. The summed E-state index contributed by atoms with van der Waals surface area (Å²) in [5, 5.41) is 5.58. The molecule has 0 radical (unpaired) electrons. The molecule has 0 aliphatic carbocycles. The lowest BCUT2D eigenvalue weighted by Gasteiger charge is -2.07. The molecule has 1 aromatic rings. The zero-order valence-corrected chi connectivity index (χ0v) is 10.9. The first-order chi connectivity index (χ1) is 8.65. The van der Waals surface area contributed by atoms with E-state index >= 15 is 0 Å². The number of hydrogen-bond acceptors (Lipinski definition) is 3. The quantitative estimate of drug-likeness (QED) is 0.738. The molecule has 0 spiro atoms. The van der Waals surface area contributed by atoms with Crippen LogP contribution in [0.25, 0.3) is 0 Å². The van der Waals surface area contributed by atoms with E-state index in [2.05, 4.69) is 10.6 Å². The van der Waals surface area contributed by atoms with Crippen LogP contribution in [-0.2, 0) is 16.1 Å². The highest BCUT2D eigenvalue weighted by atomic mass is 35.5. The fourth-order valence-electron chi connectivity index (χ4n) is 1.35. The van der Waals surface area contributed by atoms with E-state index in [1.807, 2.05) is 0 Å². The SMILES string of the molecule is COCCNC(=O)CNCc1cccc(Cl)c1F. The van der Waals surface area contributed by atoms with Crippen molar-refractivity contribution in [3.8, 4) is 0 Å². The number of rotatable bonds is 7. The number of amides is 1. The van der Waals surface area contributed by atoms with E-state index in [-0.39, 0.29) is 24.0 Å². The highest BCUT2D eigenvalue weighted by Gasteiger charge is 2.06. The predicted octanol–water partition coefficient (Wildman–Crippen LogP) is 1.33. The second-order valence-electron chi connectivity index (χ2n) is 3.66. The Morgan fingerprint density at radius 3 is 3.00 bits per heavy atom. The summed E-state index contributed by atoms with van der Waals surface area (Å²) < 4.78 is 18.3. The molecule has 6 heteroatoms. The van der Waals surface area contributed by atoms with Gasteiger partial charge in [0.25, 0.3) is 0 Å². The van der Waals surface area contributed by atoms with Crippen molar-refractivity contribution in [3.63, 3.8) is 0 Å². The molecule has 100 valence electrons. The van der Waals surface area contributed by atoms with Crippen molar-refractivity contribution in [2.45, 2.75) is 6.54 Å². The van der Waals surface area contributed by atoms with Crippen LogP contribution in [-0.4, -0.2) is 32.7 Å². The van der Waals surface area contributed by atoms with Crippen molar-refractivity contribution in [2.24, 2.45) is 0 Å². The Kier molecular flexibility index (Phi) is 6.64. The van der Waals surface area contributed by atoms with Gasteiger partial charge >= 0.3 is 0 Å². The van der Waals surface area contributed by atoms with E-state index in [0.29, 0.717) is 18.7 Å². The molecule has 4 nitrogen and oxygen atoms in total. The maximum Gasteiger partial charge on any atom is 0.234 e. The molecule has 0 saturated carbocycles. The van der Waals surface area contributed by atoms with E-state index < -0.39 is 5.82 Å². The fourth-order valence-corrected chi connectivity index (χ4v) is 1.54. The standard InChI is InChI=1S/C12H16ClFN2O2/c1-18-6-5-16-11(17)8-15-7-9-3-2-4-10(13)12(9)14/h2-4,15H,5-8H2,1H3,(H,16,17). The number of ether oxygens (including phenoxy) is 1. The monoisotopic (exact) mass is 274 g/mol. The molecule has 0 heterocycles. The van der Waals surface area contributed by atoms with Gasteiger partial charge in [0.1, 0.15) is 5.82 Å². The van der Waals surface area contributed by atoms with Gasteiger partial charge in [-0.3, -0.25) is 4.79 Å². The number of carbonyl (C=O) groups excluding carboxylic acids is 1. The minimum atomic E-state index is -0.452. The van der Waals surface area contributed by atoms with Gasteiger partial charge in [-0.15, -0.1) is 0 Å².